The van der Waals surface area contributed by atoms with Gasteiger partial charge in [0.25, 0.3) is 0 Å². The molecule has 1 amide bonds. The molecule has 0 saturated carbocycles. The molecule has 1 saturated heterocycles. The first-order valence-electron chi connectivity index (χ1n) is 9.19. The number of halogens is 3. The Labute approximate surface area is 173 Å². The number of nitrogens with one attached hydrogen (secondary N) is 1. The van der Waals surface area contributed by atoms with Gasteiger partial charge in [0.05, 0.1) is 11.4 Å². The summed E-state index contributed by atoms with van der Waals surface area (Å²) in [5.74, 6) is -2.75. The quantitative estimate of drug-likeness (QED) is 0.674. The normalized spacial score (nSPS) is 15.0. The second-order valence-electron chi connectivity index (χ2n) is 6.94. The number of amides is 1. The Morgan fingerprint density at radius 3 is 2.10 bits per heavy atom. The number of nitrogens with zero attached hydrogens (tertiary/aromatic N) is 2. The highest BCUT2D eigenvalue weighted by Crippen LogP contribution is 2.17. The van der Waals surface area contributed by atoms with Crippen LogP contribution < -0.4 is 5.32 Å². The second kappa shape index (κ2) is 11.3. The molecule has 1 aliphatic heterocycles. The third kappa shape index (κ3) is 8.28. The summed E-state index contributed by atoms with van der Waals surface area (Å²) in [6, 6.07) is 8.30. The zero-order valence-corrected chi connectivity index (χ0v) is 17.5. The van der Waals surface area contributed by atoms with Crippen molar-refractivity contribution in [3.63, 3.8) is 0 Å². The molecule has 0 aliphatic carbocycles. The van der Waals surface area contributed by atoms with Crippen LogP contribution in [0.4, 0.5) is 13.2 Å². The molecule has 2 N–H and O–H groups in total. The first-order valence-corrected chi connectivity index (χ1v) is 10.6. The van der Waals surface area contributed by atoms with Gasteiger partial charge >= 0.3 is 12.1 Å². The molecule has 2 rings (SSSR count). The minimum absolute atomic E-state index is 0.102. The van der Waals surface area contributed by atoms with Crippen LogP contribution in [-0.4, -0.2) is 80.1 Å². The number of carbonyl (C=O) groups is 2. The Balaban J connectivity index is 0.000000553. The zero-order valence-electron chi connectivity index (χ0n) is 16.7. The second-order valence-corrected chi connectivity index (χ2v) is 8.88. The number of carbonyl (C=O) groups excluding carboxylic acids is 1. The van der Waals surface area contributed by atoms with Crippen LogP contribution in [0.1, 0.15) is 13.8 Å². The van der Waals surface area contributed by atoms with Crippen molar-refractivity contribution < 1.29 is 36.3 Å². The van der Waals surface area contributed by atoms with Gasteiger partial charge in [0.15, 0.2) is 0 Å². The third-order valence-electron chi connectivity index (χ3n) is 3.97. The Hall–Kier alpha value is -2.18. The minimum atomic E-state index is -5.08. The van der Waals surface area contributed by atoms with Crippen molar-refractivity contribution in [3.05, 3.63) is 30.3 Å². The fourth-order valence-corrected chi connectivity index (χ4v) is 4.14. The number of hydrogen-bond donors (Lipinski definition) is 2. The van der Waals surface area contributed by atoms with Crippen LogP contribution in [0.2, 0.25) is 0 Å². The van der Waals surface area contributed by atoms with Gasteiger partial charge in [-0.15, -0.1) is 0 Å². The monoisotopic (exact) mass is 453 g/mol. The lowest BCUT2D eigenvalue weighted by atomic mass is 10.2. The van der Waals surface area contributed by atoms with Crippen molar-refractivity contribution in [2.75, 3.05) is 39.3 Å². The predicted octanol–water partition coefficient (Wildman–Crippen LogP) is 1.40. The van der Waals surface area contributed by atoms with Gasteiger partial charge in [0, 0.05) is 32.7 Å². The van der Waals surface area contributed by atoms with Crippen LogP contribution in [0, 0.1) is 5.92 Å². The highest BCUT2D eigenvalue weighted by atomic mass is 32.2. The molecule has 170 valence electrons. The van der Waals surface area contributed by atoms with Gasteiger partial charge in [0.1, 0.15) is 0 Å². The molecule has 0 atom stereocenters. The van der Waals surface area contributed by atoms with Crippen molar-refractivity contribution >= 4 is 21.9 Å². The van der Waals surface area contributed by atoms with E-state index in [0.29, 0.717) is 19.6 Å². The molecule has 0 aromatic heterocycles. The van der Waals surface area contributed by atoms with E-state index in [1.807, 2.05) is 13.8 Å². The first kappa shape index (κ1) is 25.9. The van der Waals surface area contributed by atoms with Crippen LogP contribution in [0.5, 0.6) is 0 Å². The van der Waals surface area contributed by atoms with Crippen LogP contribution in [0.25, 0.3) is 0 Å². The number of sulfonamides is 1. The first-order chi connectivity index (χ1) is 13.9. The molecule has 30 heavy (non-hydrogen) atoms. The SMILES string of the molecule is CC(C)CN(CC(=O)N1CCNCC1)S(=O)(=O)c1ccccc1.O=C(O)C(F)(F)F. The average Bonchev–Trinajstić information content (AvgIpc) is 2.68. The highest BCUT2D eigenvalue weighted by Gasteiger charge is 2.38. The number of alkyl halides is 3. The van der Waals surface area contributed by atoms with Gasteiger partial charge < -0.3 is 15.3 Å². The van der Waals surface area contributed by atoms with Crippen LogP contribution >= 0.6 is 0 Å². The molecule has 1 aliphatic rings. The van der Waals surface area contributed by atoms with E-state index in [1.54, 1.807) is 35.2 Å². The van der Waals surface area contributed by atoms with E-state index < -0.39 is 22.2 Å². The standard InChI is InChI=1S/C16H25N3O3S.C2HF3O2/c1-14(2)12-19(13-16(20)18-10-8-17-9-11-18)23(21,22)15-6-4-3-5-7-15;3-2(4,5)1(6)7/h3-7,14,17H,8-13H2,1-2H3;(H,6,7). The van der Waals surface area contributed by atoms with Crippen molar-refractivity contribution in [2.45, 2.75) is 24.9 Å². The summed E-state index contributed by atoms with van der Waals surface area (Å²) in [5, 5.41) is 10.3. The topological polar surface area (TPSA) is 107 Å². The van der Waals surface area contributed by atoms with Gasteiger partial charge in [0.2, 0.25) is 15.9 Å². The van der Waals surface area contributed by atoms with Gasteiger partial charge in [-0.05, 0) is 18.1 Å². The summed E-state index contributed by atoms with van der Waals surface area (Å²) in [5.41, 5.74) is 0. The number of carboxylic acid groups (broad SMARTS) is 1. The number of hydrogen-bond acceptors (Lipinski definition) is 5. The molecular formula is C18H26F3N3O5S. The average molecular weight is 453 g/mol. The summed E-state index contributed by atoms with van der Waals surface area (Å²) in [7, 11) is -3.66. The van der Waals surface area contributed by atoms with E-state index >= 15 is 0 Å². The summed E-state index contributed by atoms with van der Waals surface area (Å²) >= 11 is 0. The van der Waals surface area contributed by atoms with Crippen molar-refractivity contribution in [2.24, 2.45) is 5.92 Å². The van der Waals surface area contributed by atoms with Gasteiger partial charge in [-0.1, -0.05) is 32.0 Å². The Morgan fingerprint density at radius 1 is 1.17 bits per heavy atom. The smallest absolute Gasteiger partial charge is 0.475 e. The number of rotatable bonds is 6. The highest BCUT2D eigenvalue weighted by molar-refractivity contribution is 7.89. The summed E-state index contributed by atoms with van der Waals surface area (Å²) in [6.45, 7) is 6.87. The number of benzene rings is 1. The lowest BCUT2D eigenvalue weighted by Gasteiger charge is -2.30. The van der Waals surface area contributed by atoms with Crippen LogP contribution in [0.3, 0.4) is 0 Å². The van der Waals surface area contributed by atoms with Gasteiger partial charge in [-0.25, -0.2) is 13.2 Å². The van der Waals surface area contributed by atoms with Crippen LogP contribution in [-0.2, 0) is 19.6 Å². The molecule has 0 spiro atoms. The molecule has 1 heterocycles. The lowest BCUT2D eigenvalue weighted by molar-refractivity contribution is -0.192. The minimum Gasteiger partial charge on any atom is -0.475 e. The Bertz CT molecular complexity index is 795. The van der Waals surface area contributed by atoms with E-state index in [0.717, 1.165) is 13.1 Å². The van der Waals surface area contributed by atoms with Crippen LogP contribution in [0.15, 0.2) is 35.2 Å². The van der Waals surface area contributed by atoms with E-state index in [2.05, 4.69) is 5.32 Å². The molecule has 0 bridgehead atoms. The fourth-order valence-electron chi connectivity index (χ4n) is 2.56. The lowest BCUT2D eigenvalue weighted by Crippen LogP contribution is -2.50. The molecule has 1 aromatic carbocycles. The molecule has 1 aromatic rings. The van der Waals surface area contributed by atoms with E-state index in [-0.39, 0.29) is 23.3 Å². The zero-order chi connectivity index (χ0) is 22.9. The van der Waals surface area contributed by atoms with Crippen molar-refractivity contribution in [3.8, 4) is 0 Å². The van der Waals surface area contributed by atoms with E-state index in [4.69, 9.17) is 9.90 Å². The maximum Gasteiger partial charge on any atom is 0.490 e. The molecule has 12 heteroatoms. The largest absolute Gasteiger partial charge is 0.490 e. The fraction of sp³-hybridized carbons (Fsp3) is 0.556. The van der Waals surface area contributed by atoms with Gasteiger partial charge in [-0.2, -0.15) is 17.5 Å². The molecule has 0 radical (unpaired) electrons. The molecule has 8 nitrogen and oxygen atoms in total. The maximum absolute atomic E-state index is 12.8. The maximum atomic E-state index is 12.8. The number of piperazine rings is 1. The van der Waals surface area contributed by atoms with Crippen molar-refractivity contribution in [1.29, 1.82) is 0 Å². The Kier molecular flexibility index (Phi) is 9.72. The summed E-state index contributed by atoms with van der Waals surface area (Å²) in [4.78, 5) is 23.3. The summed E-state index contributed by atoms with van der Waals surface area (Å²) in [6.07, 6.45) is -5.08. The molecule has 0 unspecified atom stereocenters. The third-order valence-corrected chi connectivity index (χ3v) is 5.80. The summed E-state index contributed by atoms with van der Waals surface area (Å²) < 4.78 is 58.7. The number of aliphatic carboxylic acids is 1. The van der Waals surface area contributed by atoms with Crippen molar-refractivity contribution in [1.82, 2.24) is 14.5 Å². The van der Waals surface area contributed by atoms with Gasteiger partial charge in [-0.3, -0.25) is 4.79 Å². The predicted molar refractivity (Wildman–Crippen MR) is 103 cm³/mol. The molecule has 1 fully saturated rings. The molecular weight excluding hydrogens is 427 g/mol. The Morgan fingerprint density at radius 2 is 1.67 bits per heavy atom. The van der Waals surface area contributed by atoms with E-state index in [1.165, 1.54) is 4.31 Å². The van der Waals surface area contributed by atoms with E-state index in [9.17, 15) is 26.4 Å². The number of carboxylic acids is 1.